The maximum Gasteiger partial charge on any atom is 0.252 e. The fourth-order valence-corrected chi connectivity index (χ4v) is 6.14. The van der Waals surface area contributed by atoms with Crippen molar-refractivity contribution in [2.24, 2.45) is 0 Å². The molecule has 3 aromatic carbocycles. The van der Waals surface area contributed by atoms with Crippen LogP contribution in [-0.4, -0.2) is 52.9 Å². The molecule has 2 saturated heterocycles. The zero-order valence-electron chi connectivity index (χ0n) is 22.1. The lowest BCUT2D eigenvalue weighted by Gasteiger charge is -2.37. The fourth-order valence-electron chi connectivity index (χ4n) is 6.14. The Kier molecular flexibility index (Phi) is 7.21. The Morgan fingerprint density at radius 3 is 2.68 bits per heavy atom. The summed E-state index contributed by atoms with van der Waals surface area (Å²) >= 11 is 0. The molecule has 0 radical (unpaired) electrons. The van der Waals surface area contributed by atoms with Crippen LogP contribution in [0.15, 0.2) is 84.9 Å². The number of nitrogens with zero attached hydrogens (tertiary/aromatic N) is 3. The lowest BCUT2D eigenvalue weighted by molar-refractivity contribution is 0.0937. The normalized spacial score (nSPS) is 18.8. The molecular weight excluding hydrogens is 468 g/mol. The molecule has 0 bridgehead atoms. The van der Waals surface area contributed by atoms with Crippen LogP contribution in [0.5, 0.6) is 0 Å². The molecule has 1 unspecified atom stereocenters. The molecule has 1 N–H and O–H groups in total. The van der Waals surface area contributed by atoms with E-state index < -0.39 is 0 Å². The van der Waals surface area contributed by atoms with Crippen molar-refractivity contribution in [2.75, 3.05) is 26.2 Å². The number of piperazine rings is 1. The Morgan fingerprint density at radius 2 is 1.82 bits per heavy atom. The summed E-state index contributed by atoms with van der Waals surface area (Å²) in [7, 11) is 0. The summed E-state index contributed by atoms with van der Waals surface area (Å²) in [6.07, 6.45) is 3.48. The van der Waals surface area contributed by atoms with Gasteiger partial charge in [-0.2, -0.15) is 0 Å². The largest absolute Gasteiger partial charge is 0.345 e. The van der Waals surface area contributed by atoms with Gasteiger partial charge in [-0.15, -0.1) is 0 Å². The summed E-state index contributed by atoms with van der Waals surface area (Å²) in [5.74, 6) is -0.0638. The second-order valence-corrected chi connectivity index (χ2v) is 10.7. The predicted octanol–water partition coefficient (Wildman–Crippen LogP) is 6.06. The molecule has 2 fully saturated rings. The minimum atomic E-state index is -0.0638. The zero-order chi connectivity index (χ0) is 25.9. The molecule has 194 valence electrons. The van der Waals surface area contributed by atoms with Gasteiger partial charge in [-0.1, -0.05) is 73.7 Å². The summed E-state index contributed by atoms with van der Waals surface area (Å²) in [5, 5.41) is 4.15. The summed E-state index contributed by atoms with van der Waals surface area (Å²) in [6.45, 7) is 7.78. The van der Waals surface area contributed by atoms with Gasteiger partial charge in [0.1, 0.15) is 0 Å². The van der Waals surface area contributed by atoms with Gasteiger partial charge in [0.05, 0.1) is 22.8 Å². The third-order valence-corrected chi connectivity index (χ3v) is 8.18. The maximum absolute atomic E-state index is 13.7. The fraction of sp³-hybridized carbons (Fsp3) is 0.333. The van der Waals surface area contributed by atoms with Crippen LogP contribution >= 0.6 is 0 Å². The first-order valence-electron chi connectivity index (χ1n) is 14.0. The van der Waals surface area contributed by atoms with E-state index in [0.29, 0.717) is 5.56 Å². The van der Waals surface area contributed by atoms with Gasteiger partial charge in [0.15, 0.2) is 0 Å². The first kappa shape index (κ1) is 24.8. The van der Waals surface area contributed by atoms with Gasteiger partial charge in [-0.25, -0.2) is 4.98 Å². The van der Waals surface area contributed by atoms with Crippen molar-refractivity contribution < 1.29 is 4.79 Å². The SMILES string of the molecule is CC[C@H](NC(=O)c1cc(-c2cccc(CN3CCN4CCCC4C3)c2)nc2ccccc12)c1ccccc1. The number of carbonyl (C=O) groups excluding carboxylic acids is 1. The van der Waals surface area contributed by atoms with Crippen LogP contribution in [0, 0.1) is 0 Å². The molecule has 4 aromatic rings. The smallest absolute Gasteiger partial charge is 0.252 e. The molecule has 0 saturated carbocycles. The number of carbonyl (C=O) groups is 1. The number of hydrogen-bond donors (Lipinski definition) is 1. The standard InChI is InChI=1S/C33H36N4O/c1-2-30(25-11-4-3-5-12-25)35-33(38)29-21-32(34-31-16-7-6-15-28(29)31)26-13-8-10-24(20-26)22-36-18-19-37-17-9-14-27(37)23-36/h3-8,10-13,15-16,20-21,27,30H,2,9,14,17-19,22-23H2,1H3,(H,35,38)/t27?,30-/m0/s1. The number of rotatable bonds is 7. The highest BCUT2D eigenvalue weighted by Gasteiger charge is 2.30. The van der Waals surface area contributed by atoms with Crippen molar-refractivity contribution in [1.82, 2.24) is 20.1 Å². The Hall–Kier alpha value is -3.54. The van der Waals surface area contributed by atoms with Crippen molar-refractivity contribution in [1.29, 1.82) is 0 Å². The molecule has 2 aliphatic heterocycles. The molecule has 38 heavy (non-hydrogen) atoms. The number of fused-ring (bicyclic) bond motifs is 2. The molecule has 5 heteroatoms. The number of pyridine rings is 1. The Morgan fingerprint density at radius 1 is 0.974 bits per heavy atom. The molecular formula is C33H36N4O. The Balaban J connectivity index is 1.28. The molecule has 5 nitrogen and oxygen atoms in total. The Labute approximate surface area is 225 Å². The average molecular weight is 505 g/mol. The van der Waals surface area contributed by atoms with E-state index in [0.717, 1.165) is 59.8 Å². The zero-order valence-corrected chi connectivity index (χ0v) is 22.1. The van der Waals surface area contributed by atoms with Crippen molar-refractivity contribution >= 4 is 16.8 Å². The van der Waals surface area contributed by atoms with E-state index in [1.807, 2.05) is 48.5 Å². The van der Waals surface area contributed by atoms with Gasteiger partial charge in [0.25, 0.3) is 5.91 Å². The highest BCUT2D eigenvalue weighted by Crippen LogP contribution is 2.28. The average Bonchev–Trinajstić information content (AvgIpc) is 3.44. The lowest BCUT2D eigenvalue weighted by atomic mass is 10.0. The summed E-state index contributed by atoms with van der Waals surface area (Å²) in [6, 6.07) is 29.5. The van der Waals surface area contributed by atoms with E-state index in [9.17, 15) is 4.79 Å². The molecule has 2 atom stereocenters. The highest BCUT2D eigenvalue weighted by atomic mass is 16.1. The van der Waals surface area contributed by atoms with Gasteiger partial charge in [-0.05, 0) is 55.1 Å². The number of benzene rings is 3. The van der Waals surface area contributed by atoms with Crippen molar-refractivity contribution in [3.05, 3.63) is 102 Å². The summed E-state index contributed by atoms with van der Waals surface area (Å²) < 4.78 is 0. The lowest BCUT2D eigenvalue weighted by Crippen LogP contribution is -2.49. The minimum absolute atomic E-state index is 0.0391. The number of aromatic nitrogens is 1. The first-order valence-corrected chi connectivity index (χ1v) is 14.0. The van der Waals surface area contributed by atoms with Crippen LogP contribution < -0.4 is 5.32 Å². The predicted molar refractivity (Wildman–Crippen MR) is 154 cm³/mol. The van der Waals surface area contributed by atoms with E-state index in [1.165, 1.54) is 31.5 Å². The van der Waals surface area contributed by atoms with E-state index in [2.05, 4.69) is 58.4 Å². The highest BCUT2D eigenvalue weighted by molar-refractivity contribution is 6.07. The monoisotopic (exact) mass is 504 g/mol. The Bertz CT molecular complexity index is 1420. The third-order valence-electron chi connectivity index (χ3n) is 8.18. The van der Waals surface area contributed by atoms with Crippen molar-refractivity contribution in [3.63, 3.8) is 0 Å². The van der Waals surface area contributed by atoms with Crippen LogP contribution in [0.4, 0.5) is 0 Å². The van der Waals surface area contributed by atoms with Gasteiger partial charge in [0.2, 0.25) is 0 Å². The van der Waals surface area contributed by atoms with Crippen LogP contribution in [0.25, 0.3) is 22.2 Å². The van der Waals surface area contributed by atoms with E-state index in [-0.39, 0.29) is 11.9 Å². The van der Waals surface area contributed by atoms with Crippen LogP contribution in [0.3, 0.4) is 0 Å². The van der Waals surface area contributed by atoms with Gasteiger partial charge < -0.3 is 5.32 Å². The number of amides is 1. The second-order valence-electron chi connectivity index (χ2n) is 10.7. The van der Waals surface area contributed by atoms with E-state index >= 15 is 0 Å². The number of hydrogen-bond acceptors (Lipinski definition) is 4. The molecule has 0 aliphatic carbocycles. The molecule has 6 rings (SSSR count). The van der Waals surface area contributed by atoms with Crippen molar-refractivity contribution in [2.45, 2.75) is 44.8 Å². The van der Waals surface area contributed by atoms with Crippen LogP contribution in [0.2, 0.25) is 0 Å². The molecule has 0 spiro atoms. The molecule has 2 aliphatic rings. The molecule has 1 amide bonds. The minimum Gasteiger partial charge on any atom is -0.345 e. The van der Waals surface area contributed by atoms with Gasteiger partial charge in [0, 0.05) is 43.2 Å². The maximum atomic E-state index is 13.7. The quantitative estimate of drug-likeness (QED) is 0.332. The van der Waals surface area contributed by atoms with E-state index in [4.69, 9.17) is 4.98 Å². The third kappa shape index (κ3) is 5.22. The first-order chi connectivity index (χ1) is 18.7. The van der Waals surface area contributed by atoms with E-state index in [1.54, 1.807) is 0 Å². The number of nitrogens with one attached hydrogen (secondary N) is 1. The topological polar surface area (TPSA) is 48.5 Å². The number of para-hydroxylation sites is 1. The molecule has 3 heterocycles. The van der Waals surface area contributed by atoms with Gasteiger partial charge >= 0.3 is 0 Å². The van der Waals surface area contributed by atoms with Crippen LogP contribution in [0.1, 0.15) is 53.7 Å². The second kappa shape index (κ2) is 11.1. The summed E-state index contributed by atoms with van der Waals surface area (Å²) in [5.41, 5.74) is 5.81. The van der Waals surface area contributed by atoms with Crippen LogP contribution in [-0.2, 0) is 6.54 Å². The van der Waals surface area contributed by atoms with Crippen molar-refractivity contribution in [3.8, 4) is 11.3 Å². The molecule has 1 aromatic heterocycles. The summed E-state index contributed by atoms with van der Waals surface area (Å²) in [4.78, 5) is 23.9. The van der Waals surface area contributed by atoms with Gasteiger partial charge in [-0.3, -0.25) is 14.6 Å².